The lowest BCUT2D eigenvalue weighted by Gasteiger charge is -2.21. The van der Waals surface area contributed by atoms with Gasteiger partial charge in [0.1, 0.15) is 0 Å². The highest BCUT2D eigenvalue weighted by Gasteiger charge is 2.14. The maximum absolute atomic E-state index is 2.54. The van der Waals surface area contributed by atoms with E-state index in [1.54, 1.807) is 0 Å². The van der Waals surface area contributed by atoms with Crippen molar-refractivity contribution < 1.29 is 0 Å². The molecule has 0 spiro atoms. The highest BCUT2D eigenvalue weighted by atomic mass is 14.2. The van der Waals surface area contributed by atoms with Gasteiger partial charge < -0.3 is 0 Å². The van der Waals surface area contributed by atoms with Crippen LogP contribution in [-0.4, -0.2) is 0 Å². The zero-order valence-electron chi connectivity index (χ0n) is 13.3. The Balaban J connectivity index is 4.57. The van der Waals surface area contributed by atoms with Gasteiger partial charge in [0, 0.05) is 0 Å². The first-order valence-electron chi connectivity index (χ1n) is 8.10. The lowest BCUT2D eigenvalue weighted by molar-refractivity contribution is 0.361. The van der Waals surface area contributed by atoms with Crippen molar-refractivity contribution in [3.63, 3.8) is 0 Å². The van der Waals surface area contributed by atoms with E-state index < -0.39 is 0 Å². The predicted octanol–water partition coefficient (Wildman–Crippen LogP) is 6.53. The zero-order chi connectivity index (χ0) is 13.8. The molecule has 0 radical (unpaired) electrons. The van der Waals surface area contributed by atoms with Gasteiger partial charge >= 0.3 is 0 Å². The first-order valence-corrected chi connectivity index (χ1v) is 8.10. The van der Waals surface area contributed by atoms with Crippen molar-refractivity contribution >= 4 is 0 Å². The summed E-state index contributed by atoms with van der Waals surface area (Å²) in [6.45, 7) is 11.5. The molecule has 0 saturated carbocycles. The van der Waals surface area contributed by atoms with Crippen LogP contribution >= 0.6 is 0 Å². The van der Waals surface area contributed by atoms with E-state index >= 15 is 0 Å². The van der Waals surface area contributed by atoms with Crippen LogP contribution in [0.15, 0.2) is 23.8 Å². The normalized spacial score (nSPS) is 14.7. The van der Waals surface area contributed by atoms with Crippen LogP contribution in [0, 0.1) is 11.8 Å². The van der Waals surface area contributed by atoms with Crippen LogP contribution in [0.5, 0.6) is 0 Å². The van der Waals surface area contributed by atoms with E-state index in [0.717, 1.165) is 11.8 Å². The van der Waals surface area contributed by atoms with Crippen LogP contribution in [0.3, 0.4) is 0 Å². The molecule has 0 heteroatoms. The topological polar surface area (TPSA) is 0 Å². The molecule has 106 valence electrons. The molecule has 0 heterocycles. The molecule has 0 aliphatic heterocycles. The van der Waals surface area contributed by atoms with Gasteiger partial charge in [0.25, 0.3) is 0 Å². The fraction of sp³-hybridized carbons (Fsp3) is 0.778. The molecule has 0 aromatic heterocycles. The van der Waals surface area contributed by atoms with E-state index in [2.05, 4.69) is 52.8 Å². The summed E-state index contributed by atoms with van der Waals surface area (Å²) in [7, 11) is 0. The number of unbranched alkanes of at least 4 members (excludes halogenated alkanes) is 2. The average Bonchev–Trinajstić information content (AvgIpc) is 2.41. The minimum atomic E-state index is 0.769. The minimum absolute atomic E-state index is 0.769. The molecule has 0 rings (SSSR count). The molecule has 1 atom stereocenters. The summed E-state index contributed by atoms with van der Waals surface area (Å²) < 4.78 is 0. The molecule has 1 unspecified atom stereocenters. The number of rotatable bonds is 10. The van der Waals surface area contributed by atoms with E-state index in [1.807, 2.05) is 0 Å². The summed E-state index contributed by atoms with van der Waals surface area (Å²) in [6.07, 6.45) is 16.2. The van der Waals surface area contributed by atoms with Crippen molar-refractivity contribution in [3.8, 4) is 0 Å². The molecule has 0 aliphatic rings. The van der Waals surface area contributed by atoms with Gasteiger partial charge in [-0.05, 0) is 31.1 Å². The van der Waals surface area contributed by atoms with Gasteiger partial charge in [-0.3, -0.25) is 0 Å². The van der Waals surface area contributed by atoms with Gasteiger partial charge in [-0.25, -0.2) is 0 Å². The lowest BCUT2D eigenvalue weighted by atomic mass is 9.84. The standard InChI is InChI=1S/C18H34/c1-6-11-12-13-14-16(7-2)15-18(10-5)17(8-3)9-4/h13-15,17-18H,6-12H2,1-5H3. The van der Waals surface area contributed by atoms with E-state index in [-0.39, 0.29) is 0 Å². The average molecular weight is 250 g/mol. The highest BCUT2D eigenvalue weighted by Crippen LogP contribution is 2.26. The van der Waals surface area contributed by atoms with E-state index in [4.69, 9.17) is 0 Å². The Morgan fingerprint density at radius 3 is 2.06 bits per heavy atom. The number of hydrogen-bond donors (Lipinski definition) is 0. The van der Waals surface area contributed by atoms with Crippen molar-refractivity contribution in [2.45, 2.75) is 79.6 Å². The second kappa shape index (κ2) is 11.6. The molecule has 0 amide bonds. The third-order valence-corrected chi connectivity index (χ3v) is 4.02. The van der Waals surface area contributed by atoms with Gasteiger partial charge in [-0.1, -0.05) is 84.1 Å². The SMILES string of the molecule is CCCCC=CC(=CC(CC)C(CC)CC)CC. The highest BCUT2D eigenvalue weighted by molar-refractivity contribution is 5.19. The Labute approximate surface area is 116 Å². The summed E-state index contributed by atoms with van der Waals surface area (Å²) in [5.41, 5.74) is 1.53. The lowest BCUT2D eigenvalue weighted by Crippen LogP contribution is -2.10. The van der Waals surface area contributed by atoms with E-state index in [1.165, 1.54) is 50.5 Å². The van der Waals surface area contributed by atoms with Crippen molar-refractivity contribution in [2.75, 3.05) is 0 Å². The second-order valence-corrected chi connectivity index (χ2v) is 5.29. The minimum Gasteiger partial charge on any atom is -0.0843 e. The summed E-state index contributed by atoms with van der Waals surface area (Å²) in [5, 5.41) is 0. The van der Waals surface area contributed by atoms with E-state index in [0.29, 0.717) is 0 Å². The molecule has 18 heavy (non-hydrogen) atoms. The van der Waals surface area contributed by atoms with Gasteiger partial charge in [0.2, 0.25) is 0 Å². The molecular weight excluding hydrogens is 216 g/mol. The summed E-state index contributed by atoms with van der Waals surface area (Å²) in [4.78, 5) is 0. The third kappa shape index (κ3) is 7.03. The molecule has 0 nitrogen and oxygen atoms in total. The summed E-state index contributed by atoms with van der Waals surface area (Å²) in [5.74, 6) is 1.63. The summed E-state index contributed by atoms with van der Waals surface area (Å²) in [6, 6.07) is 0. The Kier molecular flexibility index (Phi) is 11.2. The molecule has 0 fully saturated rings. The van der Waals surface area contributed by atoms with Gasteiger partial charge in [-0.2, -0.15) is 0 Å². The van der Waals surface area contributed by atoms with E-state index in [9.17, 15) is 0 Å². The van der Waals surface area contributed by atoms with Crippen LogP contribution in [0.1, 0.15) is 79.6 Å². The molecular formula is C18H34. The Morgan fingerprint density at radius 2 is 1.61 bits per heavy atom. The van der Waals surface area contributed by atoms with Crippen LogP contribution in [-0.2, 0) is 0 Å². The van der Waals surface area contributed by atoms with Gasteiger partial charge in [0.15, 0.2) is 0 Å². The fourth-order valence-electron chi connectivity index (χ4n) is 2.60. The molecule has 0 aromatic carbocycles. The van der Waals surface area contributed by atoms with Crippen LogP contribution in [0.4, 0.5) is 0 Å². The van der Waals surface area contributed by atoms with Crippen LogP contribution in [0.25, 0.3) is 0 Å². The fourth-order valence-corrected chi connectivity index (χ4v) is 2.60. The predicted molar refractivity (Wildman–Crippen MR) is 84.9 cm³/mol. The second-order valence-electron chi connectivity index (χ2n) is 5.29. The van der Waals surface area contributed by atoms with Crippen molar-refractivity contribution in [1.82, 2.24) is 0 Å². The number of allylic oxidation sites excluding steroid dienone is 4. The maximum Gasteiger partial charge on any atom is -0.0202 e. The Bertz CT molecular complexity index is 230. The monoisotopic (exact) mass is 250 g/mol. The zero-order valence-corrected chi connectivity index (χ0v) is 13.3. The number of hydrogen-bond acceptors (Lipinski definition) is 0. The molecule has 0 N–H and O–H groups in total. The first-order chi connectivity index (χ1) is 8.73. The Hall–Kier alpha value is -0.520. The molecule has 0 aliphatic carbocycles. The Morgan fingerprint density at radius 1 is 0.944 bits per heavy atom. The summed E-state index contributed by atoms with van der Waals surface area (Å²) >= 11 is 0. The largest absolute Gasteiger partial charge is 0.0843 e. The van der Waals surface area contributed by atoms with Crippen molar-refractivity contribution in [1.29, 1.82) is 0 Å². The molecule has 0 saturated heterocycles. The van der Waals surface area contributed by atoms with Crippen LogP contribution in [0.2, 0.25) is 0 Å². The van der Waals surface area contributed by atoms with Crippen LogP contribution < -0.4 is 0 Å². The smallest absolute Gasteiger partial charge is 0.0202 e. The maximum atomic E-state index is 2.54. The molecule has 0 aromatic rings. The third-order valence-electron chi connectivity index (χ3n) is 4.02. The van der Waals surface area contributed by atoms with Gasteiger partial charge in [0.05, 0.1) is 0 Å². The van der Waals surface area contributed by atoms with Crippen molar-refractivity contribution in [3.05, 3.63) is 23.8 Å². The quantitative estimate of drug-likeness (QED) is 0.305. The van der Waals surface area contributed by atoms with Crippen molar-refractivity contribution in [2.24, 2.45) is 11.8 Å². The van der Waals surface area contributed by atoms with Gasteiger partial charge in [-0.15, -0.1) is 0 Å². The first kappa shape index (κ1) is 17.5. The molecule has 0 bridgehead atoms.